The van der Waals surface area contributed by atoms with E-state index in [2.05, 4.69) is 45.3 Å². The SMILES string of the molecule is CCOC(=O)c1cnc(Cc2ccc(-c3nc4ccc(C5(c6ccccc6)CC5)nc4s3)c(F)c2)[nH]1. The standard InChI is InChI=1S/C28H23FN4O2S/c1-2-35-27(34)22-16-30-24(31-22)15-17-8-9-19(20(29)14-17)25-32-21-10-11-23(33-26(21)36-25)28(12-13-28)18-6-4-3-5-7-18/h3-11,14,16H,2,12-13,15H2,1H3,(H,30,31). The third-order valence-corrected chi connectivity index (χ3v) is 7.58. The van der Waals surface area contributed by atoms with Gasteiger partial charge < -0.3 is 9.72 Å². The van der Waals surface area contributed by atoms with E-state index < -0.39 is 5.97 Å². The first-order valence-electron chi connectivity index (χ1n) is 11.9. The Balaban J connectivity index is 1.25. The van der Waals surface area contributed by atoms with Crippen LogP contribution in [-0.2, 0) is 16.6 Å². The molecule has 0 saturated heterocycles. The number of rotatable bonds is 7. The summed E-state index contributed by atoms with van der Waals surface area (Å²) >= 11 is 1.41. The molecule has 3 aromatic heterocycles. The fourth-order valence-electron chi connectivity index (χ4n) is 4.57. The van der Waals surface area contributed by atoms with E-state index in [1.54, 1.807) is 13.0 Å². The van der Waals surface area contributed by atoms with Crippen LogP contribution < -0.4 is 0 Å². The molecule has 6 nitrogen and oxygen atoms in total. The van der Waals surface area contributed by atoms with E-state index >= 15 is 4.39 Å². The summed E-state index contributed by atoms with van der Waals surface area (Å²) in [5.74, 6) is -0.247. The predicted octanol–water partition coefficient (Wildman–Crippen LogP) is 6.07. The van der Waals surface area contributed by atoms with Gasteiger partial charge in [0.05, 0.1) is 18.5 Å². The van der Waals surface area contributed by atoms with E-state index in [9.17, 15) is 4.79 Å². The molecule has 1 N–H and O–H groups in total. The number of fused-ring (bicyclic) bond motifs is 1. The van der Waals surface area contributed by atoms with Crippen molar-refractivity contribution < 1.29 is 13.9 Å². The van der Waals surface area contributed by atoms with Crippen molar-refractivity contribution in [2.45, 2.75) is 31.6 Å². The van der Waals surface area contributed by atoms with Crippen molar-refractivity contribution in [3.05, 3.63) is 101 Å². The fraction of sp³-hybridized carbons (Fsp3) is 0.214. The van der Waals surface area contributed by atoms with Crippen molar-refractivity contribution in [3.63, 3.8) is 0 Å². The van der Waals surface area contributed by atoms with E-state index in [1.165, 1.54) is 29.2 Å². The number of nitrogens with one attached hydrogen (secondary N) is 1. The zero-order valence-corrected chi connectivity index (χ0v) is 20.4. The van der Waals surface area contributed by atoms with Crippen LogP contribution in [0.1, 0.15) is 52.9 Å². The van der Waals surface area contributed by atoms with Crippen LogP contribution in [0.3, 0.4) is 0 Å². The number of H-pyrrole nitrogens is 1. The number of aromatic amines is 1. The number of hydrogen-bond donors (Lipinski definition) is 1. The van der Waals surface area contributed by atoms with Crippen molar-refractivity contribution in [3.8, 4) is 10.6 Å². The summed E-state index contributed by atoms with van der Waals surface area (Å²) in [6.45, 7) is 2.03. The number of nitrogens with zero attached hydrogens (tertiary/aromatic N) is 3. The predicted molar refractivity (Wildman–Crippen MR) is 137 cm³/mol. The van der Waals surface area contributed by atoms with Gasteiger partial charge in [-0.05, 0) is 55.2 Å². The number of ether oxygens (including phenoxy) is 1. The van der Waals surface area contributed by atoms with Gasteiger partial charge in [-0.15, -0.1) is 0 Å². The Morgan fingerprint density at radius 3 is 2.69 bits per heavy atom. The lowest BCUT2D eigenvalue weighted by molar-refractivity contribution is 0.0520. The lowest BCUT2D eigenvalue weighted by Crippen LogP contribution is -2.10. The number of thiazole rings is 1. The maximum atomic E-state index is 15.1. The molecule has 1 aliphatic carbocycles. The van der Waals surface area contributed by atoms with E-state index in [0.717, 1.165) is 34.4 Å². The van der Waals surface area contributed by atoms with Gasteiger partial charge in [0.2, 0.25) is 0 Å². The zero-order chi connectivity index (χ0) is 24.7. The van der Waals surface area contributed by atoms with Gasteiger partial charge >= 0.3 is 5.97 Å². The molecule has 6 rings (SSSR count). The number of pyridine rings is 1. The molecule has 36 heavy (non-hydrogen) atoms. The topological polar surface area (TPSA) is 80.8 Å². The van der Waals surface area contributed by atoms with Crippen LogP contribution in [0.4, 0.5) is 4.39 Å². The summed E-state index contributed by atoms with van der Waals surface area (Å²) in [7, 11) is 0. The molecule has 0 unspecified atom stereocenters. The average Bonchev–Trinajstić information content (AvgIpc) is 3.38. The lowest BCUT2D eigenvalue weighted by atomic mass is 9.92. The normalized spacial score (nSPS) is 14.2. The number of carbonyl (C=O) groups excluding carboxylic acids is 1. The van der Waals surface area contributed by atoms with E-state index in [-0.39, 0.29) is 23.5 Å². The highest BCUT2D eigenvalue weighted by atomic mass is 32.1. The molecule has 0 radical (unpaired) electrons. The molecule has 5 aromatic rings. The van der Waals surface area contributed by atoms with Crippen LogP contribution in [-0.4, -0.2) is 32.5 Å². The minimum Gasteiger partial charge on any atom is -0.461 e. The quantitative estimate of drug-likeness (QED) is 0.276. The lowest BCUT2D eigenvalue weighted by Gasteiger charge is -2.14. The molecule has 3 heterocycles. The molecule has 180 valence electrons. The number of aromatic nitrogens is 4. The van der Waals surface area contributed by atoms with Gasteiger partial charge in [-0.3, -0.25) is 0 Å². The zero-order valence-electron chi connectivity index (χ0n) is 19.6. The Labute approximate surface area is 211 Å². The summed E-state index contributed by atoms with van der Waals surface area (Å²) in [6.07, 6.45) is 3.95. The molecule has 1 saturated carbocycles. The molecule has 0 aliphatic heterocycles. The van der Waals surface area contributed by atoms with Gasteiger partial charge in [0, 0.05) is 17.4 Å². The summed E-state index contributed by atoms with van der Waals surface area (Å²) in [4.78, 5) is 29.4. The number of benzene rings is 2. The molecule has 1 fully saturated rings. The summed E-state index contributed by atoms with van der Waals surface area (Å²) in [5, 5.41) is 0.603. The monoisotopic (exact) mass is 498 g/mol. The first-order valence-corrected chi connectivity index (χ1v) is 12.7. The molecule has 2 aromatic carbocycles. The fourth-order valence-corrected chi connectivity index (χ4v) is 5.54. The van der Waals surface area contributed by atoms with E-state index in [0.29, 0.717) is 22.8 Å². The van der Waals surface area contributed by atoms with E-state index in [4.69, 9.17) is 9.72 Å². The third kappa shape index (κ3) is 4.07. The number of carbonyl (C=O) groups is 1. The second-order valence-electron chi connectivity index (χ2n) is 8.94. The smallest absolute Gasteiger partial charge is 0.356 e. The van der Waals surface area contributed by atoms with Crippen LogP contribution in [0.2, 0.25) is 0 Å². The molecule has 0 atom stereocenters. The van der Waals surface area contributed by atoms with Gasteiger partial charge in [-0.1, -0.05) is 47.7 Å². The van der Waals surface area contributed by atoms with Crippen molar-refractivity contribution in [1.82, 2.24) is 19.9 Å². The van der Waals surface area contributed by atoms with Gasteiger partial charge in [0.15, 0.2) is 0 Å². The minimum atomic E-state index is -0.457. The maximum absolute atomic E-state index is 15.1. The highest BCUT2D eigenvalue weighted by molar-refractivity contribution is 7.21. The Hall–Kier alpha value is -3.91. The van der Waals surface area contributed by atoms with Gasteiger partial charge in [-0.25, -0.2) is 24.1 Å². The molecular formula is C28H23FN4O2S. The first-order chi connectivity index (χ1) is 17.6. The van der Waals surface area contributed by atoms with Crippen molar-refractivity contribution in [1.29, 1.82) is 0 Å². The van der Waals surface area contributed by atoms with Crippen molar-refractivity contribution in [2.24, 2.45) is 0 Å². The van der Waals surface area contributed by atoms with Crippen LogP contribution >= 0.6 is 11.3 Å². The first kappa shape index (κ1) is 22.5. The molecule has 0 amide bonds. The summed E-state index contributed by atoms with van der Waals surface area (Å²) in [6, 6.07) is 19.6. The Kier molecular flexibility index (Phi) is 5.60. The molecule has 0 bridgehead atoms. The molecular weight excluding hydrogens is 475 g/mol. The molecule has 1 aliphatic rings. The van der Waals surface area contributed by atoms with Gasteiger partial charge in [0.25, 0.3) is 0 Å². The van der Waals surface area contributed by atoms with E-state index in [1.807, 2.05) is 18.2 Å². The molecule has 8 heteroatoms. The number of halogens is 1. The highest BCUT2D eigenvalue weighted by Crippen LogP contribution is 2.53. The summed E-state index contributed by atoms with van der Waals surface area (Å²) < 4.78 is 20.1. The maximum Gasteiger partial charge on any atom is 0.356 e. The highest BCUT2D eigenvalue weighted by Gasteiger charge is 2.47. The van der Waals surface area contributed by atoms with Crippen LogP contribution in [0.15, 0.2) is 66.9 Å². The van der Waals surface area contributed by atoms with Crippen LogP contribution in [0.5, 0.6) is 0 Å². The number of esters is 1. The van der Waals surface area contributed by atoms with Crippen LogP contribution in [0.25, 0.3) is 20.9 Å². The minimum absolute atomic E-state index is 0.0223. The second-order valence-corrected chi connectivity index (χ2v) is 9.92. The second kappa shape index (κ2) is 8.95. The van der Waals surface area contributed by atoms with Crippen LogP contribution in [0, 0.1) is 5.82 Å². The van der Waals surface area contributed by atoms with Crippen molar-refractivity contribution in [2.75, 3.05) is 6.61 Å². The largest absolute Gasteiger partial charge is 0.461 e. The van der Waals surface area contributed by atoms with Gasteiger partial charge in [-0.2, -0.15) is 0 Å². The average molecular weight is 499 g/mol. The Morgan fingerprint density at radius 2 is 1.94 bits per heavy atom. The number of hydrogen-bond acceptors (Lipinski definition) is 6. The summed E-state index contributed by atoms with van der Waals surface area (Å²) in [5.41, 5.74) is 4.55. The van der Waals surface area contributed by atoms with Gasteiger partial charge in [0.1, 0.15) is 32.7 Å². The Morgan fingerprint density at radius 1 is 1.11 bits per heavy atom. The molecule has 0 spiro atoms. The van der Waals surface area contributed by atoms with Crippen molar-refractivity contribution >= 4 is 27.7 Å². The Bertz CT molecular complexity index is 1570. The third-order valence-electron chi connectivity index (χ3n) is 6.58. The number of imidazole rings is 1.